The summed E-state index contributed by atoms with van der Waals surface area (Å²) in [5, 5.41) is 0. The molecule has 1 fully saturated rings. The molecule has 0 saturated carbocycles. The number of hydrogen-bond acceptors (Lipinski definition) is 5. The minimum atomic E-state index is -3.52. The van der Waals surface area contributed by atoms with E-state index >= 15 is 0 Å². The SMILES string of the molecule is O=S1(=O)OSO1.[K].[Zn]. The fourth-order valence-corrected chi connectivity index (χ4v) is 0.658. The predicted molar refractivity (Wildman–Crippen MR) is 24.4 cm³/mol. The molecule has 8 heteroatoms. The Labute approximate surface area is 107 Å². The van der Waals surface area contributed by atoms with Crippen LogP contribution in [-0.4, -0.2) is 59.8 Å². The van der Waals surface area contributed by atoms with Crippen LogP contribution in [0.15, 0.2) is 0 Å². The summed E-state index contributed by atoms with van der Waals surface area (Å²) < 4.78 is 26.8. The summed E-state index contributed by atoms with van der Waals surface area (Å²) >= 11 is 0.456. The first kappa shape index (κ1) is 13.1. The van der Waals surface area contributed by atoms with Crippen molar-refractivity contribution in [3.8, 4) is 0 Å². The topological polar surface area (TPSA) is 52.6 Å². The molecule has 0 aromatic heterocycles. The van der Waals surface area contributed by atoms with E-state index in [2.05, 4.69) is 7.26 Å². The van der Waals surface area contributed by atoms with E-state index in [1.165, 1.54) is 0 Å². The van der Waals surface area contributed by atoms with Gasteiger partial charge in [-0.15, -0.1) is 7.26 Å². The summed E-state index contributed by atoms with van der Waals surface area (Å²) in [5.41, 5.74) is 0. The van der Waals surface area contributed by atoms with Gasteiger partial charge in [0.25, 0.3) is 0 Å². The van der Waals surface area contributed by atoms with Gasteiger partial charge in [-0.3, -0.25) is 0 Å². The maximum absolute atomic E-state index is 9.62. The Morgan fingerprint density at radius 3 is 1.50 bits per heavy atom. The Balaban J connectivity index is 0. The molecule has 0 N–H and O–H groups in total. The van der Waals surface area contributed by atoms with Crippen molar-refractivity contribution < 1.29 is 35.2 Å². The summed E-state index contributed by atoms with van der Waals surface area (Å²) in [7, 11) is -3.52. The van der Waals surface area contributed by atoms with Crippen LogP contribution in [0.1, 0.15) is 0 Å². The molecule has 1 heterocycles. The Hall–Kier alpha value is 2.48. The molecule has 1 rings (SSSR count). The fraction of sp³-hybridized carbons (Fsp3) is 0. The molecule has 1 aliphatic rings. The minimum Gasteiger partial charge on any atom is -0.167 e. The zero-order chi connectivity index (χ0) is 4.62. The Morgan fingerprint density at radius 1 is 1.25 bits per heavy atom. The van der Waals surface area contributed by atoms with Crippen molar-refractivity contribution in [2.75, 3.05) is 0 Å². The van der Waals surface area contributed by atoms with Gasteiger partial charge < -0.3 is 0 Å². The second kappa shape index (κ2) is 5.17. The molecule has 0 atom stereocenters. The largest absolute Gasteiger partial charge is 0.425 e. The van der Waals surface area contributed by atoms with Gasteiger partial charge in [0.1, 0.15) is 0 Å². The molecule has 0 bridgehead atoms. The fourth-order valence-electron chi connectivity index (χ4n) is 0.0731. The summed E-state index contributed by atoms with van der Waals surface area (Å²) in [6.45, 7) is 0. The average molecular weight is 233 g/mol. The summed E-state index contributed by atoms with van der Waals surface area (Å²) in [4.78, 5) is 0. The van der Waals surface area contributed by atoms with Crippen LogP contribution < -0.4 is 0 Å². The number of rotatable bonds is 0. The van der Waals surface area contributed by atoms with Gasteiger partial charge in [-0.1, -0.05) is 0 Å². The van der Waals surface area contributed by atoms with Crippen LogP contribution in [0.4, 0.5) is 0 Å². The maximum atomic E-state index is 9.62. The summed E-state index contributed by atoms with van der Waals surface area (Å²) in [6, 6.07) is 0. The van der Waals surface area contributed by atoms with Gasteiger partial charge in [0, 0.05) is 70.9 Å². The van der Waals surface area contributed by atoms with E-state index in [1.807, 2.05) is 0 Å². The first-order valence-electron chi connectivity index (χ1n) is 1.00. The molecule has 8 heavy (non-hydrogen) atoms. The zero-order valence-corrected chi connectivity index (χ0v) is 11.9. The monoisotopic (exact) mass is 231 g/mol. The van der Waals surface area contributed by atoms with Gasteiger partial charge in [-0.05, 0) is 0 Å². The molecule has 0 aromatic rings. The van der Waals surface area contributed by atoms with Crippen LogP contribution >= 0.6 is 12.3 Å². The van der Waals surface area contributed by atoms with E-state index in [0.717, 1.165) is 0 Å². The van der Waals surface area contributed by atoms with Crippen molar-refractivity contribution >= 4 is 74.1 Å². The van der Waals surface area contributed by atoms with Crippen molar-refractivity contribution in [2.24, 2.45) is 0 Å². The van der Waals surface area contributed by atoms with Crippen molar-refractivity contribution in [1.29, 1.82) is 0 Å². The summed E-state index contributed by atoms with van der Waals surface area (Å²) in [5.74, 6) is 0. The third-order valence-corrected chi connectivity index (χ3v) is 2.00. The molecule has 0 amide bonds. The molecule has 0 spiro atoms. The van der Waals surface area contributed by atoms with Crippen LogP contribution in [0, 0.1) is 0 Å². The van der Waals surface area contributed by atoms with Crippen LogP contribution in [0.3, 0.4) is 0 Å². The Kier molecular flexibility index (Phi) is 8.47. The predicted octanol–water partition coefficient (Wildman–Crippen LogP) is -0.542. The van der Waals surface area contributed by atoms with Crippen LogP contribution in [0.2, 0.25) is 0 Å². The zero-order valence-electron chi connectivity index (χ0n) is 4.16. The molecule has 1 saturated heterocycles. The van der Waals surface area contributed by atoms with Crippen molar-refractivity contribution in [3.05, 3.63) is 0 Å². The Bertz CT molecular complexity index is 128. The molecular formula is KO4S2Zn. The van der Waals surface area contributed by atoms with Crippen molar-refractivity contribution in [1.82, 2.24) is 0 Å². The maximum Gasteiger partial charge on any atom is 0.425 e. The van der Waals surface area contributed by atoms with Crippen molar-refractivity contribution in [3.63, 3.8) is 0 Å². The third kappa shape index (κ3) is 4.32. The average Bonchev–Trinajstić information content (AvgIpc) is 1.32. The summed E-state index contributed by atoms with van der Waals surface area (Å²) in [6.07, 6.45) is 0. The molecule has 1 aliphatic heterocycles. The normalized spacial score (nSPS) is 21.5. The van der Waals surface area contributed by atoms with E-state index in [4.69, 9.17) is 0 Å². The second-order valence-electron chi connectivity index (χ2n) is 0.612. The van der Waals surface area contributed by atoms with Gasteiger partial charge in [0.05, 0.1) is 0 Å². The Morgan fingerprint density at radius 2 is 1.50 bits per heavy atom. The van der Waals surface area contributed by atoms with Gasteiger partial charge in [-0.25, -0.2) is 0 Å². The number of hydrogen-bond donors (Lipinski definition) is 0. The van der Waals surface area contributed by atoms with Crippen molar-refractivity contribution in [2.45, 2.75) is 0 Å². The smallest absolute Gasteiger partial charge is 0.167 e. The molecule has 1 radical (unpaired) electrons. The van der Waals surface area contributed by atoms with E-state index in [-0.39, 0.29) is 70.9 Å². The van der Waals surface area contributed by atoms with E-state index in [0.29, 0.717) is 12.3 Å². The first-order valence-corrected chi connectivity index (χ1v) is 3.00. The van der Waals surface area contributed by atoms with Crippen LogP contribution in [0.5, 0.6) is 0 Å². The molecule has 4 nitrogen and oxygen atoms in total. The molecule has 0 aromatic carbocycles. The van der Waals surface area contributed by atoms with Crippen LogP contribution in [0.25, 0.3) is 0 Å². The van der Waals surface area contributed by atoms with Gasteiger partial charge in [-0.2, -0.15) is 8.42 Å². The van der Waals surface area contributed by atoms with E-state index in [1.54, 1.807) is 0 Å². The van der Waals surface area contributed by atoms with Gasteiger partial charge >= 0.3 is 10.4 Å². The van der Waals surface area contributed by atoms with E-state index < -0.39 is 10.4 Å². The molecular weight excluding hydrogens is 233 g/mol. The minimum absolute atomic E-state index is 0. The van der Waals surface area contributed by atoms with Gasteiger partial charge in [0.15, 0.2) is 12.3 Å². The van der Waals surface area contributed by atoms with Crippen LogP contribution in [-0.2, 0) is 37.1 Å². The third-order valence-electron chi connectivity index (χ3n) is 0.222. The molecule has 39 valence electrons. The molecule has 0 unspecified atom stereocenters. The quantitative estimate of drug-likeness (QED) is 0.415. The van der Waals surface area contributed by atoms with E-state index in [9.17, 15) is 8.42 Å². The second-order valence-corrected chi connectivity index (χ2v) is 2.65. The molecule has 0 aliphatic carbocycles. The van der Waals surface area contributed by atoms with Gasteiger partial charge in [0.2, 0.25) is 0 Å². The standard InChI is InChI=1S/K.O4S2.Zn/c;1-6(2)3-5-4-6;. The first-order chi connectivity index (χ1) is 2.71.